The van der Waals surface area contributed by atoms with Crippen molar-refractivity contribution >= 4 is 18.4 Å². The molecule has 3 heteroatoms. The number of rotatable bonds is 2. The quantitative estimate of drug-likeness (QED) is 0.521. The zero-order chi connectivity index (χ0) is 8.10. The average molecular weight is 185 g/mol. The SMILES string of the molecule is C=COC(=O)c1ccccc1.Cl. The van der Waals surface area contributed by atoms with Crippen LogP contribution in [0.4, 0.5) is 0 Å². The van der Waals surface area contributed by atoms with E-state index < -0.39 is 0 Å². The predicted octanol–water partition coefficient (Wildman–Crippen LogP) is 2.41. The Kier molecular flexibility index (Phi) is 4.81. The maximum atomic E-state index is 11.0. The molecule has 1 rings (SSSR count). The van der Waals surface area contributed by atoms with Crippen molar-refractivity contribution in [2.75, 3.05) is 0 Å². The Labute approximate surface area is 77.3 Å². The summed E-state index contributed by atoms with van der Waals surface area (Å²) < 4.78 is 4.55. The first kappa shape index (κ1) is 10.7. The lowest BCUT2D eigenvalue weighted by Gasteiger charge is -1.96. The fourth-order valence-corrected chi connectivity index (χ4v) is 0.718. The highest BCUT2D eigenvalue weighted by Crippen LogP contribution is 2.00. The number of esters is 1. The molecule has 0 aliphatic carbocycles. The molecule has 1 aromatic carbocycles. The summed E-state index contributed by atoms with van der Waals surface area (Å²) in [6, 6.07) is 8.77. The zero-order valence-corrected chi connectivity index (χ0v) is 7.21. The predicted molar refractivity (Wildman–Crippen MR) is 49.3 cm³/mol. The van der Waals surface area contributed by atoms with Crippen LogP contribution in [0.5, 0.6) is 0 Å². The summed E-state index contributed by atoms with van der Waals surface area (Å²) in [5, 5.41) is 0. The molecular weight excluding hydrogens is 176 g/mol. The fraction of sp³-hybridized carbons (Fsp3) is 0. The Hall–Kier alpha value is -1.28. The van der Waals surface area contributed by atoms with Gasteiger partial charge in [-0.2, -0.15) is 0 Å². The maximum absolute atomic E-state index is 11.0. The van der Waals surface area contributed by atoms with Crippen LogP contribution in [-0.2, 0) is 4.74 Å². The molecule has 0 radical (unpaired) electrons. The van der Waals surface area contributed by atoms with Gasteiger partial charge in [-0.15, -0.1) is 12.4 Å². The minimum atomic E-state index is -0.374. The molecule has 0 bridgehead atoms. The molecule has 1 aromatic rings. The van der Waals surface area contributed by atoms with Crippen molar-refractivity contribution in [1.29, 1.82) is 0 Å². The molecule has 0 aliphatic rings. The van der Waals surface area contributed by atoms with Crippen LogP contribution < -0.4 is 0 Å². The largest absolute Gasteiger partial charge is 0.432 e. The highest BCUT2D eigenvalue weighted by Gasteiger charge is 2.01. The molecule has 0 N–H and O–H groups in total. The van der Waals surface area contributed by atoms with E-state index in [1.165, 1.54) is 0 Å². The second-order valence-corrected chi connectivity index (χ2v) is 1.94. The van der Waals surface area contributed by atoms with E-state index in [1.807, 2.05) is 6.07 Å². The Bertz CT molecular complexity index is 256. The Balaban J connectivity index is 0.00000121. The van der Waals surface area contributed by atoms with Gasteiger partial charge in [-0.25, -0.2) is 4.79 Å². The van der Waals surface area contributed by atoms with E-state index >= 15 is 0 Å². The van der Waals surface area contributed by atoms with E-state index in [4.69, 9.17) is 0 Å². The summed E-state index contributed by atoms with van der Waals surface area (Å²) in [4.78, 5) is 11.0. The zero-order valence-electron chi connectivity index (χ0n) is 6.40. The summed E-state index contributed by atoms with van der Waals surface area (Å²) in [7, 11) is 0. The molecule has 0 atom stereocenters. The molecule has 2 nitrogen and oxygen atoms in total. The van der Waals surface area contributed by atoms with Gasteiger partial charge in [0.15, 0.2) is 0 Å². The number of carbonyl (C=O) groups excluding carboxylic acids is 1. The van der Waals surface area contributed by atoms with Crippen LogP contribution in [0.3, 0.4) is 0 Å². The van der Waals surface area contributed by atoms with Crippen molar-refractivity contribution in [2.45, 2.75) is 0 Å². The van der Waals surface area contributed by atoms with Crippen molar-refractivity contribution in [1.82, 2.24) is 0 Å². The van der Waals surface area contributed by atoms with Crippen molar-refractivity contribution in [3.05, 3.63) is 48.7 Å². The molecule has 0 unspecified atom stereocenters. The second-order valence-electron chi connectivity index (χ2n) is 1.94. The smallest absolute Gasteiger partial charge is 0.342 e. The van der Waals surface area contributed by atoms with Gasteiger partial charge in [-0.1, -0.05) is 24.8 Å². The van der Waals surface area contributed by atoms with Crippen molar-refractivity contribution in [3.8, 4) is 0 Å². The first-order valence-corrected chi connectivity index (χ1v) is 3.21. The lowest BCUT2D eigenvalue weighted by molar-refractivity contribution is 0.0664. The lowest BCUT2D eigenvalue weighted by Crippen LogP contribution is -1.98. The van der Waals surface area contributed by atoms with Gasteiger partial charge < -0.3 is 4.74 Å². The first-order chi connectivity index (χ1) is 5.34. The summed E-state index contributed by atoms with van der Waals surface area (Å²) in [5.41, 5.74) is 0.535. The van der Waals surface area contributed by atoms with Crippen LogP contribution in [0.15, 0.2) is 43.2 Å². The van der Waals surface area contributed by atoms with Gasteiger partial charge in [0.1, 0.15) is 0 Å². The van der Waals surface area contributed by atoms with Crippen molar-refractivity contribution < 1.29 is 9.53 Å². The van der Waals surface area contributed by atoms with Gasteiger partial charge in [0.05, 0.1) is 11.8 Å². The molecule has 0 aliphatic heterocycles. The molecule has 0 heterocycles. The third-order valence-corrected chi connectivity index (χ3v) is 1.20. The number of hydrogen-bond acceptors (Lipinski definition) is 2. The maximum Gasteiger partial charge on any atom is 0.342 e. The van der Waals surface area contributed by atoms with Crippen LogP contribution in [0.25, 0.3) is 0 Å². The van der Waals surface area contributed by atoms with Crippen LogP contribution in [0.2, 0.25) is 0 Å². The highest BCUT2D eigenvalue weighted by atomic mass is 35.5. The standard InChI is InChI=1S/C9H8O2.ClH/c1-2-11-9(10)8-6-4-3-5-7-8;/h2-7H,1H2;1H. The first-order valence-electron chi connectivity index (χ1n) is 3.21. The Morgan fingerprint density at radius 2 is 1.92 bits per heavy atom. The number of ether oxygens (including phenoxy) is 1. The molecular formula is C9H9ClO2. The monoisotopic (exact) mass is 184 g/mol. The third-order valence-electron chi connectivity index (χ3n) is 1.20. The minimum absolute atomic E-state index is 0. The molecule has 0 fully saturated rings. The topological polar surface area (TPSA) is 26.3 Å². The van der Waals surface area contributed by atoms with Crippen LogP contribution in [0.1, 0.15) is 10.4 Å². The third kappa shape index (κ3) is 2.76. The fourth-order valence-electron chi connectivity index (χ4n) is 0.718. The molecule has 0 spiro atoms. The van der Waals surface area contributed by atoms with E-state index in [1.54, 1.807) is 24.3 Å². The van der Waals surface area contributed by atoms with Crippen LogP contribution >= 0.6 is 12.4 Å². The average Bonchev–Trinajstić information content (AvgIpc) is 2.07. The lowest BCUT2D eigenvalue weighted by atomic mass is 10.2. The van der Waals surface area contributed by atoms with Crippen molar-refractivity contribution in [2.24, 2.45) is 0 Å². The molecule has 0 saturated heterocycles. The normalized spacial score (nSPS) is 8.00. The second kappa shape index (κ2) is 5.38. The molecule has 12 heavy (non-hydrogen) atoms. The Morgan fingerprint density at radius 1 is 1.33 bits per heavy atom. The molecule has 64 valence electrons. The van der Waals surface area contributed by atoms with E-state index in [0.29, 0.717) is 5.56 Å². The number of benzene rings is 1. The van der Waals surface area contributed by atoms with Crippen LogP contribution in [-0.4, -0.2) is 5.97 Å². The summed E-state index contributed by atoms with van der Waals surface area (Å²) in [6.45, 7) is 3.28. The van der Waals surface area contributed by atoms with E-state index in [9.17, 15) is 4.79 Å². The number of halogens is 1. The van der Waals surface area contributed by atoms with Gasteiger partial charge in [0.25, 0.3) is 0 Å². The van der Waals surface area contributed by atoms with Gasteiger partial charge >= 0.3 is 5.97 Å². The summed E-state index contributed by atoms with van der Waals surface area (Å²) >= 11 is 0. The summed E-state index contributed by atoms with van der Waals surface area (Å²) in [5.74, 6) is -0.374. The van der Waals surface area contributed by atoms with Gasteiger partial charge in [-0.05, 0) is 12.1 Å². The van der Waals surface area contributed by atoms with Gasteiger partial charge in [0.2, 0.25) is 0 Å². The summed E-state index contributed by atoms with van der Waals surface area (Å²) in [6.07, 6.45) is 1.12. The number of hydrogen-bond donors (Lipinski definition) is 0. The molecule has 0 saturated carbocycles. The van der Waals surface area contributed by atoms with Crippen LogP contribution in [0, 0.1) is 0 Å². The van der Waals surface area contributed by atoms with Crippen molar-refractivity contribution in [3.63, 3.8) is 0 Å². The van der Waals surface area contributed by atoms with E-state index in [-0.39, 0.29) is 18.4 Å². The Morgan fingerprint density at radius 3 is 2.42 bits per heavy atom. The number of carbonyl (C=O) groups is 1. The van der Waals surface area contributed by atoms with Gasteiger partial charge in [0, 0.05) is 0 Å². The molecule has 0 amide bonds. The molecule has 0 aromatic heterocycles. The minimum Gasteiger partial charge on any atom is -0.432 e. The highest BCUT2D eigenvalue weighted by molar-refractivity contribution is 5.89. The van der Waals surface area contributed by atoms with Gasteiger partial charge in [-0.3, -0.25) is 0 Å². The van der Waals surface area contributed by atoms with E-state index in [0.717, 1.165) is 6.26 Å². The van der Waals surface area contributed by atoms with E-state index in [2.05, 4.69) is 11.3 Å².